The smallest absolute Gasteiger partial charge is 0.317 e. The Morgan fingerprint density at radius 3 is 2.96 bits per heavy atom. The van der Waals surface area contributed by atoms with Gasteiger partial charge in [0.05, 0.1) is 24.9 Å². The molecule has 3 rings (SSSR count). The lowest BCUT2D eigenvalue weighted by Gasteiger charge is -2.39. The van der Waals surface area contributed by atoms with Gasteiger partial charge in [0, 0.05) is 31.9 Å². The molecular formula is C19H26N4O2. The van der Waals surface area contributed by atoms with Crippen LogP contribution < -0.4 is 5.32 Å². The summed E-state index contributed by atoms with van der Waals surface area (Å²) in [4.78, 5) is 14.3. The van der Waals surface area contributed by atoms with E-state index in [2.05, 4.69) is 36.4 Å². The SMILES string of the molecule is CCC1(C)CN(C(=O)NCc2cccc(-c3cnn(C)c3)c2)CCO1. The number of ether oxygens (including phenoxy) is 1. The molecule has 1 atom stereocenters. The molecule has 1 fully saturated rings. The van der Waals surface area contributed by atoms with Crippen molar-refractivity contribution in [1.82, 2.24) is 20.0 Å². The second-order valence-corrected chi connectivity index (χ2v) is 6.84. The molecule has 0 saturated carbocycles. The van der Waals surface area contributed by atoms with E-state index in [0.29, 0.717) is 26.2 Å². The summed E-state index contributed by atoms with van der Waals surface area (Å²) in [5, 5.41) is 7.23. The highest BCUT2D eigenvalue weighted by molar-refractivity contribution is 5.74. The first-order valence-electron chi connectivity index (χ1n) is 8.74. The molecule has 0 spiro atoms. The van der Waals surface area contributed by atoms with Crippen LogP contribution in [-0.4, -0.2) is 46.0 Å². The van der Waals surface area contributed by atoms with Crippen molar-refractivity contribution in [3.63, 3.8) is 0 Å². The Hall–Kier alpha value is -2.34. The Labute approximate surface area is 148 Å². The molecule has 1 aromatic heterocycles. The number of benzene rings is 1. The molecule has 0 aliphatic carbocycles. The van der Waals surface area contributed by atoms with Crippen molar-refractivity contribution in [3.05, 3.63) is 42.2 Å². The van der Waals surface area contributed by atoms with E-state index in [-0.39, 0.29) is 11.6 Å². The number of amides is 2. The van der Waals surface area contributed by atoms with E-state index in [1.165, 1.54) is 0 Å². The zero-order valence-corrected chi connectivity index (χ0v) is 15.2. The third kappa shape index (κ3) is 4.20. The first kappa shape index (κ1) is 17.5. The number of aromatic nitrogens is 2. The van der Waals surface area contributed by atoms with Crippen molar-refractivity contribution < 1.29 is 9.53 Å². The van der Waals surface area contributed by atoms with Gasteiger partial charge in [0.1, 0.15) is 0 Å². The molecule has 25 heavy (non-hydrogen) atoms. The van der Waals surface area contributed by atoms with Gasteiger partial charge in [-0.05, 0) is 30.5 Å². The highest BCUT2D eigenvalue weighted by Crippen LogP contribution is 2.21. The minimum Gasteiger partial charge on any atom is -0.372 e. The summed E-state index contributed by atoms with van der Waals surface area (Å²) in [5.74, 6) is 0. The molecule has 1 aromatic carbocycles. The maximum Gasteiger partial charge on any atom is 0.317 e. The lowest BCUT2D eigenvalue weighted by atomic mass is 10.0. The summed E-state index contributed by atoms with van der Waals surface area (Å²) in [7, 11) is 1.90. The topological polar surface area (TPSA) is 59.4 Å². The molecule has 2 aromatic rings. The zero-order chi connectivity index (χ0) is 17.9. The number of rotatable bonds is 4. The maximum absolute atomic E-state index is 12.5. The lowest BCUT2D eigenvalue weighted by molar-refractivity contribution is -0.0872. The summed E-state index contributed by atoms with van der Waals surface area (Å²) in [6.45, 7) is 6.51. The van der Waals surface area contributed by atoms with Crippen molar-refractivity contribution in [2.45, 2.75) is 32.4 Å². The van der Waals surface area contributed by atoms with E-state index in [1.807, 2.05) is 36.5 Å². The zero-order valence-electron chi connectivity index (χ0n) is 15.2. The quantitative estimate of drug-likeness (QED) is 0.929. The summed E-state index contributed by atoms with van der Waals surface area (Å²) < 4.78 is 7.58. The normalized spacial score (nSPS) is 20.5. The molecule has 134 valence electrons. The van der Waals surface area contributed by atoms with Crippen LogP contribution in [0, 0.1) is 0 Å². The van der Waals surface area contributed by atoms with Gasteiger partial charge in [-0.2, -0.15) is 5.10 Å². The fraction of sp³-hybridized carbons (Fsp3) is 0.474. The van der Waals surface area contributed by atoms with Crippen molar-refractivity contribution in [2.24, 2.45) is 7.05 Å². The summed E-state index contributed by atoms with van der Waals surface area (Å²) in [6.07, 6.45) is 4.72. The second-order valence-electron chi connectivity index (χ2n) is 6.84. The highest BCUT2D eigenvalue weighted by atomic mass is 16.5. The second kappa shape index (κ2) is 7.27. The van der Waals surface area contributed by atoms with Gasteiger partial charge in [0.15, 0.2) is 0 Å². The largest absolute Gasteiger partial charge is 0.372 e. The minimum atomic E-state index is -0.240. The Morgan fingerprint density at radius 2 is 2.24 bits per heavy atom. The Kier molecular flexibility index (Phi) is 5.08. The van der Waals surface area contributed by atoms with Crippen molar-refractivity contribution >= 4 is 6.03 Å². The van der Waals surface area contributed by atoms with Crippen LogP contribution >= 0.6 is 0 Å². The van der Waals surface area contributed by atoms with E-state index >= 15 is 0 Å². The third-order valence-electron chi connectivity index (χ3n) is 4.78. The van der Waals surface area contributed by atoms with Crippen LogP contribution in [0.4, 0.5) is 4.79 Å². The molecule has 1 unspecified atom stereocenters. The number of nitrogens with one attached hydrogen (secondary N) is 1. The molecule has 2 amide bonds. The van der Waals surface area contributed by atoms with Crippen molar-refractivity contribution in [3.8, 4) is 11.1 Å². The average Bonchev–Trinajstić information content (AvgIpc) is 3.06. The van der Waals surface area contributed by atoms with E-state index in [1.54, 1.807) is 4.68 Å². The molecule has 0 bridgehead atoms. The van der Waals surface area contributed by atoms with E-state index in [4.69, 9.17) is 4.74 Å². The molecule has 6 heteroatoms. The number of nitrogens with zero attached hydrogens (tertiary/aromatic N) is 3. The van der Waals surface area contributed by atoms with Gasteiger partial charge in [0.25, 0.3) is 0 Å². The number of aryl methyl sites for hydroxylation is 1. The Balaban J connectivity index is 1.61. The number of hydrogen-bond acceptors (Lipinski definition) is 3. The van der Waals surface area contributed by atoms with Crippen molar-refractivity contribution in [2.75, 3.05) is 19.7 Å². The molecule has 1 N–H and O–H groups in total. The first-order chi connectivity index (χ1) is 12.0. The van der Waals surface area contributed by atoms with Crippen molar-refractivity contribution in [1.29, 1.82) is 0 Å². The third-order valence-corrected chi connectivity index (χ3v) is 4.78. The number of urea groups is 1. The van der Waals surface area contributed by atoms with Crippen LogP contribution in [0.25, 0.3) is 11.1 Å². The summed E-state index contributed by atoms with van der Waals surface area (Å²) >= 11 is 0. The van der Waals surface area contributed by atoms with Crippen LogP contribution in [0.5, 0.6) is 0 Å². The molecule has 6 nitrogen and oxygen atoms in total. The molecule has 1 aliphatic heterocycles. The van der Waals surface area contributed by atoms with E-state index in [0.717, 1.165) is 23.1 Å². The van der Waals surface area contributed by atoms with Gasteiger partial charge in [-0.15, -0.1) is 0 Å². The number of hydrogen-bond donors (Lipinski definition) is 1. The molecule has 2 heterocycles. The van der Waals surface area contributed by atoms with Gasteiger partial charge in [-0.1, -0.05) is 25.1 Å². The molecular weight excluding hydrogens is 316 g/mol. The monoisotopic (exact) mass is 342 g/mol. The van der Waals surface area contributed by atoms with Gasteiger partial charge < -0.3 is 15.0 Å². The fourth-order valence-corrected chi connectivity index (χ4v) is 3.04. The van der Waals surface area contributed by atoms with Crippen LogP contribution in [0.1, 0.15) is 25.8 Å². The van der Waals surface area contributed by atoms with Gasteiger partial charge in [-0.25, -0.2) is 4.79 Å². The highest BCUT2D eigenvalue weighted by Gasteiger charge is 2.32. The molecule has 1 saturated heterocycles. The number of carbonyl (C=O) groups excluding carboxylic acids is 1. The van der Waals surface area contributed by atoms with Gasteiger partial charge in [-0.3, -0.25) is 4.68 Å². The van der Waals surface area contributed by atoms with Gasteiger partial charge in [0.2, 0.25) is 0 Å². The predicted octanol–water partition coefficient (Wildman–Crippen LogP) is 2.80. The molecule has 1 aliphatic rings. The summed E-state index contributed by atoms with van der Waals surface area (Å²) in [5.41, 5.74) is 3.00. The van der Waals surface area contributed by atoms with E-state index < -0.39 is 0 Å². The van der Waals surface area contributed by atoms with Gasteiger partial charge >= 0.3 is 6.03 Å². The number of morpholine rings is 1. The van der Waals surface area contributed by atoms with Crippen LogP contribution in [-0.2, 0) is 18.3 Å². The number of carbonyl (C=O) groups is 1. The van der Waals surface area contributed by atoms with Crippen LogP contribution in [0.15, 0.2) is 36.7 Å². The predicted molar refractivity (Wildman–Crippen MR) is 97.1 cm³/mol. The standard InChI is InChI=1S/C19H26N4O2/c1-4-19(2)14-23(8-9-25-19)18(24)20-11-15-6-5-7-16(10-15)17-12-21-22(3)13-17/h5-7,10,12-13H,4,8-9,11,14H2,1-3H3,(H,20,24). The maximum atomic E-state index is 12.5. The molecule has 0 radical (unpaired) electrons. The summed E-state index contributed by atoms with van der Waals surface area (Å²) in [6, 6.07) is 8.14. The first-order valence-corrected chi connectivity index (χ1v) is 8.74. The Bertz CT molecular complexity index is 743. The van der Waals surface area contributed by atoms with Crippen LogP contribution in [0.2, 0.25) is 0 Å². The van der Waals surface area contributed by atoms with E-state index in [9.17, 15) is 4.79 Å². The van der Waals surface area contributed by atoms with Crippen LogP contribution in [0.3, 0.4) is 0 Å². The lowest BCUT2D eigenvalue weighted by Crippen LogP contribution is -2.54. The fourth-order valence-electron chi connectivity index (χ4n) is 3.04. The average molecular weight is 342 g/mol. The minimum absolute atomic E-state index is 0.0326. The Morgan fingerprint density at radius 1 is 1.40 bits per heavy atom.